The van der Waals surface area contributed by atoms with Crippen molar-refractivity contribution in [1.82, 2.24) is 0 Å². The summed E-state index contributed by atoms with van der Waals surface area (Å²) in [7, 11) is 0. The summed E-state index contributed by atoms with van der Waals surface area (Å²) in [6.07, 6.45) is 0. The highest BCUT2D eigenvalue weighted by Crippen LogP contribution is 2.31. The summed E-state index contributed by atoms with van der Waals surface area (Å²) in [6.45, 7) is 3.75. The van der Waals surface area contributed by atoms with Crippen LogP contribution in [0.1, 0.15) is 5.56 Å². The Morgan fingerprint density at radius 3 is 2.35 bits per heavy atom. The van der Waals surface area contributed by atoms with Gasteiger partial charge in [0.2, 0.25) is 0 Å². The van der Waals surface area contributed by atoms with Crippen molar-refractivity contribution in [2.24, 2.45) is 0 Å². The summed E-state index contributed by atoms with van der Waals surface area (Å²) in [6, 6.07) is 8.31. The third-order valence-corrected chi connectivity index (χ3v) is 2.73. The highest BCUT2D eigenvalue weighted by atomic mass is 79.9. The lowest BCUT2D eigenvalue weighted by Crippen LogP contribution is -1.90. The molecule has 4 heteroatoms. The first-order valence-corrected chi connectivity index (χ1v) is 5.60. The Bertz CT molecular complexity index is 506. The molecule has 0 fully saturated rings. The van der Waals surface area contributed by atoms with Crippen LogP contribution in [0.3, 0.4) is 0 Å². The van der Waals surface area contributed by atoms with Crippen molar-refractivity contribution >= 4 is 15.9 Å². The summed E-state index contributed by atoms with van der Waals surface area (Å²) in [5, 5.41) is 0. The lowest BCUT2D eigenvalue weighted by Gasteiger charge is -2.09. The van der Waals surface area contributed by atoms with E-state index in [9.17, 15) is 8.78 Å². The van der Waals surface area contributed by atoms with Crippen molar-refractivity contribution < 1.29 is 13.5 Å². The van der Waals surface area contributed by atoms with E-state index < -0.39 is 11.6 Å². The van der Waals surface area contributed by atoms with Gasteiger partial charge in [-0.25, -0.2) is 8.78 Å². The largest absolute Gasteiger partial charge is 0.453 e. The van der Waals surface area contributed by atoms with Crippen LogP contribution in [0.4, 0.5) is 8.78 Å². The molecular weight excluding hydrogens is 290 g/mol. The van der Waals surface area contributed by atoms with Gasteiger partial charge in [0.15, 0.2) is 11.6 Å². The fraction of sp³-hybridized carbons (Fsp3) is 0. The molecule has 0 aromatic heterocycles. The summed E-state index contributed by atoms with van der Waals surface area (Å²) in [5.41, 5.74) is 0.809. The molecule has 1 radical (unpaired) electrons. The lowest BCUT2D eigenvalue weighted by atomic mass is 10.2. The van der Waals surface area contributed by atoms with E-state index in [-0.39, 0.29) is 5.75 Å². The highest BCUT2D eigenvalue weighted by molar-refractivity contribution is 9.10. The first-order chi connectivity index (χ1) is 8.06. The Morgan fingerprint density at radius 2 is 1.71 bits per heavy atom. The molecule has 2 aromatic rings. The van der Waals surface area contributed by atoms with Crippen LogP contribution in [-0.4, -0.2) is 0 Å². The predicted octanol–water partition coefficient (Wildman–Crippen LogP) is 4.70. The van der Waals surface area contributed by atoms with E-state index in [4.69, 9.17) is 4.74 Å². The minimum Gasteiger partial charge on any atom is -0.453 e. The minimum atomic E-state index is -0.740. The smallest absolute Gasteiger partial charge is 0.168 e. The molecule has 2 aromatic carbocycles. The molecule has 0 bridgehead atoms. The number of hydrogen-bond donors (Lipinski definition) is 0. The SMILES string of the molecule is [CH2]c1ccc(Oc2ccc(F)cc2F)c(Br)c1. The van der Waals surface area contributed by atoms with E-state index in [1.807, 2.05) is 0 Å². The van der Waals surface area contributed by atoms with E-state index in [0.717, 1.165) is 17.7 Å². The van der Waals surface area contributed by atoms with Crippen molar-refractivity contribution in [2.45, 2.75) is 0 Å². The van der Waals surface area contributed by atoms with Gasteiger partial charge < -0.3 is 4.74 Å². The molecule has 0 unspecified atom stereocenters. The summed E-state index contributed by atoms with van der Waals surface area (Å²) in [5.74, 6) is -0.954. The van der Waals surface area contributed by atoms with Crippen LogP contribution in [0.15, 0.2) is 40.9 Å². The molecule has 0 aliphatic heterocycles. The number of ether oxygens (including phenoxy) is 1. The van der Waals surface area contributed by atoms with Crippen LogP contribution in [-0.2, 0) is 0 Å². The van der Waals surface area contributed by atoms with Gasteiger partial charge >= 0.3 is 0 Å². The Balaban J connectivity index is 2.31. The maximum Gasteiger partial charge on any atom is 0.168 e. The maximum absolute atomic E-state index is 13.4. The average molecular weight is 298 g/mol. The molecule has 87 valence electrons. The van der Waals surface area contributed by atoms with Crippen LogP contribution < -0.4 is 4.74 Å². The fourth-order valence-corrected chi connectivity index (χ4v) is 1.81. The highest BCUT2D eigenvalue weighted by Gasteiger charge is 2.08. The van der Waals surface area contributed by atoms with Gasteiger partial charge in [0.05, 0.1) is 4.47 Å². The fourth-order valence-electron chi connectivity index (χ4n) is 1.30. The Kier molecular flexibility index (Phi) is 3.43. The predicted molar refractivity (Wildman–Crippen MR) is 65.0 cm³/mol. The van der Waals surface area contributed by atoms with Crippen molar-refractivity contribution in [3.8, 4) is 11.5 Å². The molecule has 0 amide bonds. The van der Waals surface area contributed by atoms with E-state index in [1.54, 1.807) is 18.2 Å². The molecule has 0 N–H and O–H groups in total. The van der Waals surface area contributed by atoms with Gasteiger partial charge in [-0.2, -0.15) is 0 Å². The van der Waals surface area contributed by atoms with Gasteiger partial charge in [-0.3, -0.25) is 0 Å². The third-order valence-electron chi connectivity index (χ3n) is 2.11. The van der Waals surface area contributed by atoms with Crippen molar-refractivity contribution in [2.75, 3.05) is 0 Å². The molecule has 0 aliphatic rings. The first-order valence-electron chi connectivity index (χ1n) is 4.80. The first kappa shape index (κ1) is 12.0. The molecule has 17 heavy (non-hydrogen) atoms. The number of hydrogen-bond acceptors (Lipinski definition) is 1. The van der Waals surface area contributed by atoms with Gasteiger partial charge in [0, 0.05) is 6.07 Å². The molecule has 1 nitrogen and oxygen atoms in total. The zero-order chi connectivity index (χ0) is 12.4. The molecule has 0 aliphatic carbocycles. The minimum absolute atomic E-state index is 0.0242. The Morgan fingerprint density at radius 1 is 1.00 bits per heavy atom. The molecule has 0 atom stereocenters. The van der Waals surface area contributed by atoms with E-state index in [1.165, 1.54) is 6.07 Å². The number of benzene rings is 2. The molecule has 0 saturated heterocycles. The van der Waals surface area contributed by atoms with Gasteiger partial charge in [0.1, 0.15) is 11.6 Å². The molecule has 0 saturated carbocycles. The molecule has 0 heterocycles. The summed E-state index contributed by atoms with van der Waals surface area (Å²) in [4.78, 5) is 0. The summed E-state index contributed by atoms with van der Waals surface area (Å²) >= 11 is 3.28. The second kappa shape index (κ2) is 4.84. The zero-order valence-electron chi connectivity index (χ0n) is 8.71. The van der Waals surface area contributed by atoms with E-state index in [0.29, 0.717) is 10.2 Å². The Labute approximate surface area is 106 Å². The van der Waals surface area contributed by atoms with E-state index >= 15 is 0 Å². The number of rotatable bonds is 2. The van der Waals surface area contributed by atoms with Crippen LogP contribution in [0.2, 0.25) is 0 Å². The summed E-state index contributed by atoms with van der Waals surface area (Å²) < 4.78 is 32.1. The second-order valence-electron chi connectivity index (χ2n) is 3.44. The van der Waals surface area contributed by atoms with E-state index in [2.05, 4.69) is 22.9 Å². The third kappa shape index (κ3) is 2.82. The van der Waals surface area contributed by atoms with Gasteiger partial charge in [-0.15, -0.1) is 0 Å². The quantitative estimate of drug-likeness (QED) is 0.780. The lowest BCUT2D eigenvalue weighted by molar-refractivity contribution is 0.435. The molecule has 2 rings (SSSR count). The maximum atomic E-state index is 13.4. The molecule has 0 spiro atoms. The van der Waals surface area contributed by atoms with Crippen molar-refractivity contribution in [3.63, 3.8) is 0 Å². The normalized spacial score (nSPS) is 10.4. The standard InChI is InChI=1S/C13H8BrF2O/c1-8-2-4-12(10(14)6-8)17-13-5-3-9(15)7-11(13)16/h2-7H,1H2. The Hall–Kier alpha value is -1.42. The number of halogens is 3. The van der Waals surface area contributed by atoms with Crippen LogP contribution >= 0.6 is 15.9 Å². The van der Waals surface area contributed by atoms with Crippen molar-refractivity contribution in [3.05, 3.63) is 65.0 Å². The second-order valence-corrected chi connectivity index (χ2v) is 4.30. The van der Waals surface area contributed by atoms with Gasteiger partial charge in [0.25, 0.3) is 0 Å². The van der Waals surface area contributed by atoms with Gasteiger partial charge in [-0.05, 0) is 52.7 Å². The van der Waals surface area contributed by atoms with Gasteiger partial charge in [-0.1, -0.05) is 6.07 Å². The monoisotopic (exact) mass is 297 g/mol. The average Bonchev–Trinajstić information content (AvgIpc) is 2.25. The topological polar surface area (TPSA) is 9.23 Å². The van der Waals surface area contributed by atoms with Crippen LogP contribution in [0.25, 0.3) is 0 Å². The van der Waals surface area contributed by atoms with Crippen LogP contribution in [0.5, 0.6) is 11.5 Å². The zero-order valence-corrected chi connectivity index (χ0v) is 10.3. The van der Waals surface area contributed by atoms with Crippen molar-refractivity contribution in [1.29, 1.82) is 0 Å². The van der Waals surface area contributed by atoms with Crippen LogP contribution in [0, 0.1) is 18.6 Å². The molecular formula is C13H8BrF2O.